The summed E-state index contributed by atoms with van der Waals surface area (Å²) in [6.07, 6.45) is 0.821. The summed E-state index contributed by atoms with van der Waals surface area (Å²) in [4.78, 5) is 12.2. The van der Waals surface area contributed by atoms with Crippen molar-refractivity contribution in [3.63, 3.8) is 0 Å². The Morgan fingerprint density at radius 3 is 2.95 bits per heavy atom. The fraction of sp³-hybridized carbons (Fsp3) is 0.400. The molecule has 0 aliphatic rings. The molecule has 0 atom stereocenters. The van der Waals surface area contributed by atoms with Crippen LogP contribution in [0.5, 0.6) is 0 Å². The molecule has 0 aliphatic heterocycles. The number of aromatic nitrogens is 4. The summed E-state index contributed by atoms with van der Waals surface area (Å²) in [6, 6.07) is 6.19. The van der Waals surface area contributed by atoms with Crippen LogP contribution in [0.3, 0.4) is 0 Å². The first-order valence-corrected chi connectivity index (χ1v) is 7.99. The third-order valence-electron chi connectivity index (χ3n) is 3.05. The summed E-state index contributed by atoms with van der Waals surface area (Å²) in [5.41, 5.74) is 3.27. The van der Waals surface area contributed by atoms with Crippen LogP contribution in [0.1, 0.15) is 31.1 Å². The average Bonchev–Trinajstić information content (AvgIpc) is 3.01. The number of aromatic amines is 1. The van der Waals surface area contributed by atoms with Gasteiger partial charge in [-0.05, 0) is 30.5 Å². The molecular weight excluding hydrogens is 284 g/mol. The van der Waals surface area contributed by atoms with Crippen LogP contribution in [0.2, 0.25) is 0 Å². The van der Waals surface area contributed by atoms with Gasteiger partial charge in [0.05, 0.1) is 16.8 Å². The SMILES string of the molecule is Cc1ccc2nc(SCc3noc(CC(C)C)n3)[nH]c2c1. The number of imidazole rings is 1. The van der Waals surface area contributed by atoms with Crippen LogP contribution >= 0.6 is 11.8 Å². The number of nitrogens with zero attached hydrogens (tertiary/aromatic N) is 3. The summed E-state index contributed by atoms with van der Waals surface area (Å²) in [6.45, 7) is 6.34. The minimum atomic E-state index is 0.518. The Kier molecular flexibility index (Phi) is 3.96. The van der Waals surface area contributed by atoms with Gasteiger partial charge in [-0.1, -0.05) is 36.8 Å². The quantitative estimate of drug-likeness (QED) is 0.727. The summed E-state index contributed by atoms with van der Waals surface area (Å²) in [7, 11) is 0. The van der Waals surface area contributed by atoms with Crippen LogP contribution in [-0.2, 0) is 12.2 Å². The van der Waals surface area contributed by atoms with Crippen molar-refractivity contribution in [3.05, 3.63) is 35.5 Å². The van der Waals surface area contributed by atoms with E-state index < -0.39 is 0 Å². The smallest absolute Gasteiger partial charge is 0.226 e. The molecule has 3 aromatic rings. The Bertz CT molecular complexity index is 747. The zero-order valence-corrected chi connectivity index (χ0v) is 13.2. The lowest BCUT2D eigenvalue weighted by Gasteiger charge is -1.96. The summed E-state index contributed by atoms with van der Waals surface area (Å²) >= 11 is 1.59. The van der Waals surface area contributed by atoms with Crippen LogP contribution in [0.15, 0.2) is 27.9 Å². The molecule has 6 heteroatoms. The predicted molar refractivity (Wildman–Crippen MR) is 83.2 cm³/mol. The van der Waals surface area contributed by atoms with Crippen LogP contribution in [-0.4, -0.2) is 20.1 Å². The molecule has 0 spiro atoms. The standard InChI is InChI=1S/C15H18N4OS/c1-9(2)6-14-18-13(19-20-14)8-21-15-16-11-5-4-10(3)7-12(11)17-15/h4-5,7,9H,6,8H2,1-3H3,(H,16,17). The second-order valence-electron chi connectivity index (χ2n) is 5.55. The first-order chi connectivity index (χ1) is 10.1. The molecule has 3 rings (SSSR count). The van der Waals surface area contributed by atoms with E-state index >= 15 is 0 Å². The molecule has 2 heterocycles. The summed E-state index contributed by atoms with van der Waals surface area (Å²) < 4.78 is 5.23. The third-order valence-corrected chi connectivity index (χ3v) is 3.92. The number of thioether (sulfide) groups is 1. The van der Waals surface area contributed by atoms with E-state index in [1.807, 2.05) is 6.07 Å². The van der Waals surface area contributed by atoms with E-state index in [1.54, 1.807) is 11.8 Å². The molecule has 1 aromatic carbocycles. The number of nitrogens with one attached hydrogen (secondary N) is 1. The lowest BCUT2D eigenvalue weighted by Crippen LogP contribution is -1.94. The molecule has 0 fully saturated rings. The molecule has 0 radical (unpaired) electrons. The number of H-pyrrole nitrogens is 1. The normalized spacial score (nSPS) is 11.6. The molecule has 110 valence electrons. The Labute approximate surface area is 127 Å². The topological polar surface area (TPSA) is 67.6 Å². The molecule has 0 unspecified atom stereocenters. The molecule has 0 amide bonds. The van der Waals surface area contributed by atoms with Crippen LogP contribution in [0.25, 0.3) is 11.0 Å². The van der Waals surface area contributed by atoms with Crippen LogP contribution < -0.4 is 0 Å². The molecule has 5 nitrogen and oxygen atoms in total. The monoisotopic (exact) mass is 302 g/mol. The van der Waals surface area contributed by atoms with Gasteiger partial charge in [0, 0.05) is 6.42 Å². The van der Waals surface area contributed by atoms with Crippen molar-refractivity contribution in [2.75, 3.05) is 0 Å². The molecule has 21 heavy (non-hydrogen) atoms. The molecule has 0 bridgehead atoms. The van der Waals surface area contributed by atoms with E-state index in [0.717, 1.165) is 22.6 Å². The van der Waals surface area contributed by atoms with Gasteiger partial charge in [-0.2, -0.15) is 4.98 Å². The van der Waals surface area contributed by atoms with Gasteiger partial charge in [-0.3, -0.25) is 0 Å². The molecule has 0 saturated heterocycles. The van der Waals surface area contributed by atoms with Crippen molar-refractivity contribution in [2.45, 2.75) is 38.1 Å². The van der Waals surface area contributed by atoms with Crippen molar-refractivity contribution < 1.29 is 4.52 Å². The highest BCUT2D eigenvalue weighted by Crippen LogP contribution is 2.22. The molecule has 0 aliphatic carbocycles. The largest absolute Gasteiger partial charge is 0.339 e. The van der Waals surface area contributed by atoms with Gasteiger partial charge in [0.1, 0.15) is 0 Å². The maximum absolute atomic E-state index is 5.23. The highest BCUT2D eigenvalue weighted by atomic mass is 32.2. The molecule has 1 N–H and O–H groups in total. The van der Waals surface area contributed by atoms with E-state index in [9.17, 15) is 0 Å². The average molecular weight is 302 g/mol. The van der Waals surface area contributed by atoms with Crippen molar-refractivity contribution in [1.82, 2.24) is 20.1 Å². The fourth-order valence-electron chi connectivity index (χ4n) is 2.08. The van der Waals surface area contributed by atoms with Gasteiger partial charge in [0.2, 0.25) is 5.89 Å². The van der Waals surface area contributed by atoms with Gasteiger partial charge in [0.15, 0.2) is 11.0 Å². The van der Waals surface area contributed by atoms with Crippen molar-refractivity contribution >= 4 is 22.8 Å². The fourth-order valence-corrected chi connectivity index (χ4v) is 2.81. The van der Waals surface area contributed by atoms with Crippen LogP contribution in [0, 0.1) is 12.8 Å². The third kappa shape index (κ3) is 3.44. The number of fused-ring (bicyclic) bond motifs is 1. The van der Waals surface area contributed by atoms with Crippen LogP contribution in [0.4, 0.5) is 0 Å². The predicted octanol–water partition coefficient (Wildman–Crippen LogP) is 3.75. The highest BCUT2D eigenvalue weighted by Gasteiger charge is 2.10. The zero-order chi connectivity index (χ0) is 14.8. The number of rotatable bonds is 5. The summed E-state index contributed by atoms with van der Waals surface area (Å²) in [5.74, 6) is 2.60. The van der Waals surface area contributed by atoms with E-state index in [0.29, 0.717) is 23.4 Å². The number of hydrogen-bond donors (Lipinski definition) is 1. The second kappa shape index (κ2) is 5.89. The lowest BCUT2D eigenvalue weighted by molar-refractivity contribution is 0.360. The van der Waals surface area contributed by atoms with Gasteiger partial charge in [0.25, 0.3) is 0 Å². The molecule has 2 aromatic heterocycles. The van der Waals surface area contributed by atoms with Crippen molar-refractivity contribution in [2.24, 2.45) is 5.92 Å². The maximum Gasteiger partial charge on any atom is 0.226 e. The van der Waals surface area contributed by atoms with E-state index in [2.05, 4.69) is 53.0 Å². The minimum absolute atomic E-state index is 0.518. The van der Waals surface area contributed by atoms with Crippen molar-refractivity contribution in [3.8, 4) is 0 Å². The maximum atomic E-state index is 5.23. The zero-order valence-electron chi connectivity index (χ0n) is 12.4. The van der Waals surface area contributed by atoms with Gasteiger partial charge >= 0.3 is 0 Å². The number of benzene rings is 1. The first-order valence-electron chi connectivity index (χ1n) is 7.01. The van der Waals surface area contributed by atoms with Gasteiger partial charge in [-0.25, -0.2) is 4.98 Å². The molecule has 0 saturated carbocycles. The Balaban J connectivity index is 1.67. The van der Waals surface area contributed by atoms with Gasteiger partial charge in [-0.15, -0.1) is 0 Å². The summed E-state index contributed by atoms with van der Waals surface area (Å²) in [5, 5.41) is 4.88. The Morgan fingerprint density at radius 2 is 2.14 bits per heavy atom. The second-order valence-corrected chi connectivity index (χ2v) is 6.52. The van der Waals surface area contributed by atoms with E-state index in [1.165, 1.54) is 5.56 Å². The lowest BCUT2D eigenvalue weighted by atomic mass is 10.1. The Hall–Kier alpha value is -1.82. The Morgan fingerprint density at radius 1 is 1.29 bits per heavy atom. The van der Waals surface area contributed by atoms with Gasteiger partial charge < -0.3 is 9.51 Å². The van der Waals surface area contributed by atoms with E-state index in [-0.39, 0.29) is 0 Å². The van der Waals surface area contributed by atoms with E-state index in [4.69, 9.17) is 4.52 Å². The highest BCUT2D eigenvalue weighted by molar-refractivity contribution is 7.98. The number of aryl methyl sites for hydroxylation is 1. The number of hydrogen-bond acceptors (Lipinski definition) is 5. The molecular formula is C15H18N4OS. The van der Waals surface area contributed by atoms with Crippen molar-refractivity contribution in [1.29, 1.82) is 0 Å². The first kappa shape index (κ1) is 14.1. The minimum Gasteiger partial charge on any atom is -0.339 e.